The van der Waals surface area contributed by atoms with Crippen LogP contribution >= 0.6 is 0 Å². The summed E-state index contributed by atoms with van der Waals surface area (Å²) in [4.78, 5) is 12.2. The zero-order chi connectivity index (χ0) is 13.8. The van der Waals surface area contributed by atoms with Crippen molar-refractivity contribution in [1.29, 1.82) is 0 Å². The fourth-order valence-electron chi connectivity index (χ4n) is 2.31. The second-order valence-electron chi connectivity index (χ2n) is 4.82. The van der Waals surface area contributed by atoms with E-state index in [-0.39, 0.29) is 11.9 Å². The molecule has 104 valence electrons. The highest BCUT2D eigenvalue weighted by Gasteiger charge is 2.16. The molecule has 1 saturated heterocycles. The molecule has 0 aliphatic carbocycles. The van der Waals surface area contributed by atoms with Crippen LogP contribution in [0.15, 0.2) is 30.6 Å². The number of nitrogens with one attached hydrogen (secondary N) is 2. The van der Waals surface area contributed by atoms with Crippen molar-refractivity contribution in [2.45, 2.75) is 18.9 Å². The van der Waals surface area contributed by atoms with E-state index >= 15 is 0 Å². The van der Waals surface area contributed by atoms with Crippen molar-refractivity contribution in [3.63, 3.8) is 0 Å². The van der Waals surface area contributed by atoms with E-state index in [9.17, 15) is 4.79 Å². The standard InChI is InChI=1S/C13H16N6O/c20-13(16-11-4-2-6-14-8-11)10-3-1-5-12(7-10)19-9-15-17-18-19/h1,3,5,7,9,11,14H,2,4,6,8H2,(H,16,20). The van der Waals surface area contributed by atoms with E-state index < -0.39 is 0 Å². The van der Waals surface area contributed by atoms with Crippen LogP contribution in [0.3, 0.4) is 0 Å². The first kappa shape index (κ1) is 12.7. The van der Waals surface area contributed by atoms with Gasteiger partial charge in [0, 0.05) is 18.2 Å². The largest absolute Gasteiger partial charge is 0.348 e. The summed E-state index contributed by atoms with van der Waals surface area (Å²) in [5.74, 6) is -0.0615. The Balaban J connectivity index is 1.73. The van der Waals surface area contributed by atoms with Gasteiger partial charge in [-0.05, 0) is 48.0 Å². The maximum absolute atomic E-state index is 12.2. The second-order valence-corrected chi connectivity index (χ2v) is 4.82. The number of hydrogen-bond donors (Lipinski definition) is 2. The lowest BCUT2D eigenvalue weighted by molar-refractivity contribution is 0.0930. The topological polar surface area (TPSA) is 84.7 Å². The predicted molar refractivity (Wildman–Crippen MR) is 72.5 cm³/mol. The molecule has 0 saturated carbocycles. The van der Waals surface area contributed by atoms with E-state index in [2.05, 4.69) is 26.2 Å². The Labute approximate surface area is 116 Å². The number of piperidine rings is 1. The van der Waals surface area contributed by atoms with Gasteiger partial charge in [-0.3, -0.25) is 4.79 Å². The molecule has 0 spiro atoms. The third kappa shape index (κ3) is 2.83. The lowest BCUT2D eigenvalue weighted by Crippen LogP contribution is -2.45. The van der Waals surface area contributed by atoms with Crippen molar-refractivity contribution >= 4 is 5.91 Å². The summed E-state index contributed by atoms with van der Waals surface area (Å²) in [7, 11) is 0. The predicted octanol–water partition coefficient (Wildman–Crippen LogP) is 0.144. The SMILES string of the molecule is O=C(NC1CCCNC1)c1cccc(-n2cnnn2)c1. The highest BCUT2D eigenvalue weighted by Crippen LogP contribution is 2.10. The first-order valence-electron chi connectivity index (χ1n) is 6.68. The average Bonchev–Trinajstić information content (AvgIpc) is 3.03. The first-order valence-corrected chi connectivity index (χ1v) is 6.68. The Bertz CT molecular complexity index is 576. The van der Waals surface area contributed by atoms with Gasteiger partial charge in [-0.25, -0.2) is 4.68 Å². The van der Waals surface area contributed by atoms with E-state index in [0.717, 1.165) is 31.6 Å². The van der Waals surface area contributed by atoms with Crippen molar-refractivity contribution in [3.05, 3.63) is 36.2 Å². The maximum atomic E-state index is 12.2. The molecule has 3 rings (SSSR count). The third-order valence-corrected chi connectivity index (χ3v) is 3.35. The van der Waals surface area contributed by atoms with Gasteiger partial charge >= 0.3 is 0 Å². The summed E-state index contributed by atoms with van der Waals surface area (Å²) in [5.41, 5.74) is 1.38. The number of carbonyl (C=O) groups is 1. The molecule has 1 amide bonds. The summed E-state index contributed by atoms with van der Waals surface area (Å²) in [6.07, 6.45) is 3.61. The Morgan fingerprint density at radius 2 is 2.40 bits per heavy atom. The molecule has 0 bridgehead atoms. The molecule has 1 aromatic carbocycles. The molecule has 1 aliphatic rings. The first-order chi connectivity index (χ1) is 9.83. The number of hydrogen-bond acceptors (Lipinski definition) is 5. The molecular weight excluding hydrogens is 256 g/mol. The van der Waals surface area contributed by atoms with Gasteiger partial charge < -0.3 is 10.6 Å². The summed E-state index contributed by atoms with van der Waals surface area (Å²) in [5, 5.41) is 17.3. The van der Waals surface area contributed by atoms with Gasteiger partial charge in [-0.15, -0.1) is 5.10 Å². The minimum Gasteiger partial charge on any atom is -0.348 e. The fraction of sp³-hybridized carbons (Fsp3) is 0.385. The molecule has 1 unspecified atom stereocenters. The molecule has 2 aromatic rings. The number of carbonyl (C=O) groups excluding carboxylic acids is 1. The van der Waals surface area contributed by atoms with Crippen molar-refractivity contribution in [3.8, 4) is 5.69 Å². The number of benzene rings is 1. The van der Waals surface area contributed by atoms with Crippen molar-refractivity contribution in [2.24, 2.45) is 0 Å². The molecule has 7 heteroatoms. The minimum atomic E-state index is -0.0615. The molecule has 1 aromatic heterocycles. The molecular formula is C13H16N6O. The lowest BCUT2D eigenvalue weighted by Gasteiger charge is -2.23. The van der Waals surface area contributed by atoms with Gasteiger partial charge in [-0.1, -0.05) is 6.07 Å². The van der Waals surface area contributed by atoms with Gasteiger partial charge in [0.2, 0.25) is 0 Å². The van der Waals surface area contributed by atoms with E-state index in [4.69, 9.17) is 0 Å². The smallest absolute Gasteiger partial charge is 0.251 e. The second kappa shape index (κ2) is 5.79. The summed E-state index contributed by atoms with van der Waals surface area (Å²) in [6.45, 7) is 1.86. The quantitative estimate of drug-likeness (QED) is 0.830. The highest BCUT2D eigenvalue weighted by molar-refractivity contribution is 5.94. The zero-order valence-corrected chi connectivity index (χ0v) is 11.0. The van der Waals surface area contributed by atoms with Crippen molar-refractivity contribution < 1.29 is 4.79 Å². The van der Waals surface area contributed by atoms with Gasteiger partial charge in [0.1, 0.15) is 6.33 Å². The average molecular weight is 272 g/mol. The van der Waals surface area contributed by atoms with E-state index in [1.54, 1.807) is 12.1 Å². The number of aromatic nitrogens is 4. The lowest BCUT2D eigenvalue weighted by atomic mass is 10.1. The van der Waals surface area contributed by atoms with Crippen LogP contribution in [0.2, 0.25) is 0 Å². The van der Waals surface area contributed by atoms with Crippen LogP contribution in [0.1, 0.15) is 23.2 Å². The van der Waals surface area contributed by atoms with E-state index in [1.165, 1.54) is 11.0 Å². The molecule has 2 heterocycles. The van der Waals surface area contributed by atoms with Crippen LogP contribution in [0.4, 0.5) is 0 Å². The Morgan fingerprint density at radius 3 is 3.15 bits per heavy atom. The monoisotopic (exact) mass is 272 g/mol. The van der Waals surface area contributed by atoms with E-state index in [1.807, 2.05) is 12.1 Å². The Morgan fingerprint density at radius 1 is 1.45 bits per heavy atom. The van der Waals surface area contributed by atoms with E-state index in [0.29, 0.717) is 5.56 Å². The summed E-state index contributed by atoms with van der Waals surface area (Å²) in [6, 6.07) is 7.45. The Kier molecular flexibility index (Phi) is 3.69. The van der Waals surface area contributed by atoms with Gasteiger partial charge in [0.15, 0.2) is 0 Å². The molecule has 1 atom stereocenters. The van der Waals surface area contributed by atoms with Crippen LogP contribution in [0, 0.1) is 0 Å². The number of amides is 1. The van der Waals surface area contributed by atoms with Crippen LogP contribution in [0.5, 0.6) is 0 Å². The zero-order valence-electron chi connectivity index (χ0n) is 11.0. The highest BCUT2D eigenvalue weighted by atomic mass is 16.1. The summed E-state index contributed by atoms with van der Waals surface area (Å²) < 4.78 is 1.53. The van der Waals surface area contributed by atoms with Gasteiger partial charge in [0.05, 0.1) is 5.69 Å². The Hall–Kier alpha value is -2.28. The molecule has 0 radical (unpaired) electrons. The van der Waals surface area contributed by atoms with Crippen LogP contribution in [0.25, 0.3) is 5.69 Å². The molecule has 1 aliphatic heterocycles. The maximum Gasteiger partial charge on any atom is 0.251 e. The summed E-state index contributed by atoms with van der Waals surface area (Å²) >= 11 is 0. The number of rotatable bonds is 3. The minimum absolute atomic E-state index is 0.0615. The molecule has 1 fully saturated rings. The molecule has 7 nitrogen and oxygen atoms in total. The van der Waals surface area contributed by atoms with Gasteiger partial charge in [0.25, 0.3) is 5.91 Å². The molecule has 2 N–H and O–H groups in total. The van der Waals surface area contributed by atoms with Crippen LogP contribution < -0.4 is 10.6 Å². The fourth-order valence-corrected chi connectivity index (χ4v) is 2.31. The van der Waals surface area contributed by atoms with Crippen LogP contribution in [-0.4, -0.2) is 45.2 Å². The third-order valence-electron chi connectivity index (χ3n) is 3.35. The van der Waals surface area contributed by atoms with Crippen LogP contribution in [-0.2, 0) is 0 Å². The number of nitrogens with zero attached hydrogens (tertiary/aromatic N) is 4. The number of tetrazole rings is 1. The van der Waals surface area contributed by atoms with Crippen molar-refractivity contribution in [1.82, 2.24) is 30.8 Å². The normalized spacial score (nSPS) is 18.7. The van der Waals surface area contributed by atoms with Crippen molar-refractivity contribution in [2.75, 3.05) is 13.1 Å². The molecule has 20 heavy (non-hydrogen) atoms. The van der Waals surface area contributed by atoms with Gasteiger partial charge in [-0.2, -0.15) is 0 Å².